The second kappa shape index (κ2) is 8.17. The average molecular weight is 391 g/mol. The van der Waals surface area contributed by atoms with Gasteiger partial charge in [0.1, 0.15) is 0 Å². The van der Waals surface area contributed by atoms with Crippen molar-refractivity contribution in [3.05, 3.63) is 60.2 Å². The zero-order chi connectivity index (χ0) is 20.1. The standard InChI is InChI=1S/C18H16F3N5O2/c1-26(11-16-24-17(25-28-16)12-5-4-8-22-9-12)10-15(27)23-14-7-3-2-6-13(14)18(19,20)21/h2-9H,10-11H2,1H3,(H,23,27). The predicted molar refractivity (Wildman–Crippen MR) is 93.9 cm³/mol. The van der Waals surface area contributed by atoms with E-state index in [1.165, 1.54) is 18.2 Å². The lowest BCUT2D eigenvalue weighted by Crippen LogP contribution is -2.30. The van der Waals surface area contributed by atoms with Crippen molar-refractivity contribution in [3.63, 3.8) is 0 Å². The van der Waals surface area contributed by atoms with Gasteiger partial charge in [-0.3, -0.25) is 14.7 Å². The summed E-state index contributed by atoms with van der Waals surface area (Å²) in [4.78, 5) is 21.9. The fraction of sp³-hybridized carbons (Fsp3) is 0.222. The number of para-hydroxylation sites is 1. The Morgan fingerprint density at radius 2 is 2.00 bits per heavy atom. The van der Waals surface area contributed by atoms with Gasteiger partial charge in [-0.15, -0.1) is 0 Å². The van der Waals surface area contributed by atoms with E-state index >= 15 is 0 Å². The molecule has 1 N–H and O–H groups in total. The number of carbonyl (C=O) groups is 1. The van der Waals surface area contributed by atoms with Gasteiger partial charge in [-0.05, 0) is 31.3 Å². The Labute approximate surface area is 158 Å². The van der Waals surface area contributed by atoms with Crippen LogP contribution in [0, 0.1) is 0 Å². The summed E-state index contributed by atoms with van der Waals surface area (Å²) in [5.74, 6) is 0.0381. The predicted octanol–water partition coefficient (Wildman–Crippen LogP) is 3.22. The third-order valence-electron chi connectivity index (χ3n) is 3.71. The molecule has 0 aliphatic carbocycles. The van der Waals surface area contributed by atoms with Crippen LogP contribution in [0.25, 0.3) is 11.4 Å². The van der Waals surface area contributed by atoms with Crippen LogP contribution >= 0.6 is 0 Å². The van der Waals surface area contributed by atoms with Crippen LogP contribution in [0.3, 0.4) is 0 Å². The maximum absolute atomic E-state index is 13.0. The maximum Gasteiger partial charge on any atom is 0.418 e. The van der Waals surface area contributed by atoms with Crippen LogP contribution in [0.15, 0.2) is 53.3 Å². The Bertz CT molecular complexity index is 944. The molecule has 0 bridgehead atoms. The number of halogens is 3. The van der Waals surface area contributed by atoms with Gasteiger partial charge in [-0.1, -0.05) is 17.3 Å². The summed E-state index contributed by atoms with van der Waals surface area (Å²) in [6.45, 7) is -0.00159. The molecule has 0 aliphatic heterocycles. The zero-order valence-corrected chi connectivity index (χ0v) is 14.8. The molecule has 2 aromatic heterocycles. The fourth-order valence-corrected chi connectivity index (χ4v) is 2.49. The van der Waals surface area contributed by atoms with Crippen molar-refractivity contribution < 1.29 is 22.5 Å². The Balaban J connectivity index is 1.59. The Kier molecular flexibility index (Phi) is 5.69. The number of rotatable bonds is 6. The summed E-state index contributed by atoms with van der Waals surface area (Å²) in [6.07, 6.45) is -1.35. The SMILES string of the molecule is CN(CC(=O)Nc1ccccc1C(F)(F)F)Cc1nc(-c2cccnc2)no1. The number of nitrogens with one attached hydrogen (secondary N) is 1. The number of hydrogen-bond donors (Lipinski definition) is 1. The number of amides is 1. The molecular formula is C18H16F3N5O2. The smallest absolute Gasteiger partial charge is 0.338 e. The van der Waals surface area contributed by atoms with E-state index in [2.05, 4.69) is 20.4 Å². The van der Waals surface area contributed by atoms with Gasteiger partial charge in [0.25, 0.3) is 0 Å². The topological polar surface area (TPSA) is 84.2 Å². The minimum absolute atomic E-state index is 0.154. The van der Waals surface area contributed by atoms with Gasteiger partial charge in [0, 0.05) is 18.0 Å². The zero-order valence-electron chi connectivity index (χ0n) is 14.8. The largest absolute Gasteiger partial charge is 0.418 e. The second-order valence-electron chi connectivity index (χ2n) is 6.02. The molecule has 3 aromatic rings. The number of pyridine rings is 1. The third-order valence-corrected chi connectivity index (χ3v) is 3.71. The van der Waals surface area contributed by atoms with Crippen LogP contribution in [0.2, 0.25) is 0 Å². The fourth-order valence-electron chi connectivity index (χ4n) is 2.49. The highest BCUT2D eigenvalue weighted by molar-refractivity contribution is 5.93. The normalized spacial score (nSPS) is 11.6. The van der Waals surface area contributed by atoms with Crippen LogP contribution in [0.1, 0.15) is 11.5 Å². The number of alkyl halides is 3. The number of hydrogen-bond acceptors (Lipinski definition) is 6. The molecule has 0 fully saturated rings. The summed E-state index contributed by atoms with van der Waals surface area (Å²) in [6, 6.07) is 8.32. The number of nitrogens with zero attached hydrogens (tertiary/aromatic N) is 4. The van der Waals surface area contributed by atoms with Gasteiger partial charge in [0.15, 0.2) is 0 Å². The molecule has 0 saturated carbocycles. The lowest BCUT2D eigenvalue weighted by Gasteiger charge is -2.16. The molecule has 1 amide bonds. The van der Waals surface area contributed by atoms with E-state index in [4.69, 9.17) is 4.52 Å². The van der Waals surface area contributed by atoms with Crippen molar-refractivity contribution >= 4 is 11.6 Å². The van der Waals surface area contributed by atoms with E-state index in [1.54, 1.807) is 36.5 Å². The molecule has 146 valence electrons. The molecule has 0 radical (unpaired) electrons. The second-order valence-corrected chi connectivity index (χ2v) is 6.02. The van der Waals surface area contributed by atoms with Crippen molar-refractivity contribution in [1.82, 2.24) is 20.0 Å². The van der Waals surface area contributed by atoms with Crippen molar-refractivity contribution in [3.8, 4) is 11.4 Å². The van der Waals surface area contributed by atoms with Crippen molar-refractivity contribution in [2.75, 3.05) is 18.9 Å². The monoisotopic (exact) mass is 391 g/mol. The molecule has 0 atom stereocenters. The number of benzene rings is 1. The van der Waals surface area contributed by atoms with Crippen LogP contribution in [-0.4, -0.2) is 39.5 Å². The Morgan fingerprint density at radius 3 is 2.71 bits per heavy atom. The highest BCUT2D eigenvalue weighted by atomic mass is 19.4. The molecular weight excluding hydrogens is 375 g/mol. The summed E-state index contributed by atoms with van der Waals surface area (Å²) in [5, 5.41) is 6.14. The third kappa shape index (κ3) is 4.92. The number of likely N-dealkylation sites (N-methyl/N-ethyl adjacent to an activating group) is 1. The summed E-state index contributed by atoms with van der Waals surface area (Å²) in [7, 11) is 1.61. The number of carbonyl (C=O) groups excluding carboxylic acids is 1. The summed E-state index contributed by atoms with van der Waals surface area (Å²) >= 11 is 0. The van der Waals surface area contributed by atoms with Crippen molar-refractivity contribution in [1.29, 1.82) is 0 Å². The van der Waals surface area contributed by atoms with Gasteiger partial charge in [-0.25, -0.2) is 0 Å². The first-order valence-electron chi connectivity index (χ1n) is 8.20. The lowest BCUT2D eigenvalue weighted by molar-refractivity contribution is -0.137. The van der Waals surface area contributed by atoms with E-state index in [1.807, 2.05) is 0 Å². The van der Waals surface area contributed by atoms with E-state index in [0.717, 1.165) is 6.07 Å². The molecule has 0 saturated heterocycles. The van der Waals surface area contributed by atoms with E-state index < -0.39 is 17.6 Å². The molecule has 0 spiro atoms. The molecule has 10 heteroatoms. The minimum atomic E-state index is -4.55. The highest BCUT2D eigenvalue weighted by Gasteiger charge is 2.33. The van der Waals surface area contributed by atoms with Crippen LogP contribution in [-0.2, 0) is 17.5 Å². The first-order chi connectivity index (χ1) is 13.3. The number of anilines is 1. The summed E-state index contributed by atoms with van der Waals surface area (Å²) in [5.41, 5.74) is -0.504. The van der Waals surface area contributed by atoms with Gasteiger partial charge in [0.2, 0.25) is 17.6 Å². The molecule has 3 rings (SSSR count). The van der Waals surface area contributed by atoms with Gasteiger partial charge in [-0.2, -0.15) is 18.2 Å². The molecule has 28 heavy (non-hydrogen) atoms. The quantitative estimate of drug-likeness (QED) is 0.695. The maximum atomic E-state index is 13.0. The molecule has 0 unspecified atom stereocenters. The lowest BCUT2D eigenvalue weighted by atomic mass is 10.1. The van der Waals surface area contributed by atoms with Crippen LogP contribution < -0.4 is 5.32 Å². The van der Waals surface area contributed by atoms with E-state index in [0.29, 0.717) is 11.4 Å². The first-order valence-corrected chi connectivity index (χ1v) is 8.20. The van der Waals surface area contributed by atoms with Crippen molar-refractivity contribution in [2.24, 2.45) is 0 Å². The van der Waals surface area contributed by atoms with E-state index in [9.17, 15) is 18.0 Å². The Morgan fingerprint density at radius 1 is 1.21 bits per heavy atom. The molecule has 7 nitrogen and oxygen atoms in total. The van der Waals surface area contributed by atoms with Crippen molar-refractivity contribution in [2.45, 2.75) is 12.7 Å². The molecule has 2 heterocycles. The first kappa shape index (κ1) is 19.5. The Hall–Kier alpha value is -3.27. The van der Waals surface area contributed by atoms with Crippen LogP contribution in [0.4, 0.5) is 18.9 Å². The van der Waals surface area contributed by atoms with Gasteiger partial charge >= 0.3 is 6.18 Å². The summed E-state index contributed by atoms with van der Waals surface area (Å²) < 4.78 is 44.1. The average Bonchev–Trinajstić information content (AvgIpc) is 3.10. The minimum Gasteiger partial charge on any atom is -0.338 e. The van der Waals surface area contributed by atoms with Crippen LogP contribution in [0.5, 0.6) is 0 Å². The highest BCUT2D eigenvalue weighted by Crippen LogP contribution is 2.34. The van der Waals surface area contributed by atoms with Gasteiger partial charge < -0.3 is 9.84 Å². The molecule has 1 aromatic carbocycles. The van der Waals surface area contributed by atoms with E-state index in [-0.39, 0.29) is 24.7 Å². The number of aromatic nitrogens is 3. The van der Waals surface area contributed by atoms with Gasteiger partial charge in [0.05, 0.1) is 24.3 Å². The molecule has 0 aliphatic rings.